The van der Waals surface area contributed by atoms with Crippen molar-refractivity contribution in [2.24, 2.45) is 0 Å². The van der Waals surface area contributed by atoms with Gasteiger partial charge in [0.05, 0.1) is 30.2 Å². The number of anilines is 1. The maximum absolute atomic E-state index is 11.6. The van der Waals surface area contributed by atoms with Gasteiger partial charge in [-0.15, -0.1) is 0 Å². The zero-order valence-corrected chi connectivity index (χ0v) is 11.9. The molecule has 0 aromatic carbocycles. The molecule has 0 aliphatic carbocycles. The van der Waals surface area contributed by atoms with Crippen molar-refractivity contribution in [1.29, 1.82) is 0 Å². The normalized spacial score (nSPS) is 12.0. The van der Waals surface area contributed by atoms with Crippen LogP contribution in [0, 0.1) is 0 Å². The fourth-order valence-electron chi connectivity index (χ4n) is 1.80. The molecular formula is C14H23N3O2. The highest BCUT2D eigenvalue weighted by Gasteiger charge is 2.11. The lowest BCUT2D eigenvalue weighted by Gasteiger charge is -2.22. The molecule has 0 fully saturated rings. The number of hydrogen-bond acceptors (Lipinski definition) is 4. The van der Waals surface area contributed by atoms with E-state index in [-0.39, 0.29) is 5.91 Å². The largest absolute Gasteiger partial charge is 0.387 e. The molecule has 0 spiro atoms. The van der Waals surface area contributed by atoms with E-state index in [4.69, 9.17) is 0 Å². The minimum absolute atomic E-state index is 0.00187. The van der Waals surface area contributed by atoms with Gasteiger partial charge in [0.15, 0.2) is 0 Å². The third-order valence-corrected chi connectivity index (χ3v) is 2.95. The molecule has 0 bridgehead atoms. The zero-order chi connectivity index (χ0) is 14.3. The van der Waals surface area contributed by atoms with E-state index in [1.54, 1.807) is 6.20 Å². The summed E-state index contributed by atoms with van der Waals surface area (Å²) in [5.74, 6) is 0.00187. The topological polar surface area (TPSA) is 65.5 Å². The molecule has 0 aliphatic rings. The molecule has 1 aromatic rings. The van der Waals surface area contributed by atoms with E-state index < -0.39 is 6.10 Å². The van der Waals surface area contributed by atoms with Crippen LogP contribution in [0.1, 0.15) is 39.0 Å². The molecule has 0 saturated carbocycles. The number of pyridine rings is 1. The van der Waals surface area contributed by atoms with Crippen molar-refractivity contribution in [2.75, 3.05) is 24.5 Å². The predicted octanol–water partition coefficient (Wildman–Crippen LogP) is 1.49. The van der Waals surface area contributed by atoms with Crippen LogP contribution in [-0.4, -0.2) is 35.6 Å². The van der Waals surface area contributed by atoms with Gasteiger partial charge in [-0.3, -0.25) is 9.78 Å². The second kappa shape index (κ2) is 7.74. The van der Waals surface area contributed by atoms with Crippen LogP contribution in [0.2, 0.25) is 0 Å². The second-order valence-electron chi connectivity index (χ2n) is 4.33. The van der Waals surface area contributed by atoms with Gasteiger partial charge in [-0.25, -0.2) is 0 Å². The Hall–Kier alpha value is -1.62. The number of aliphatic hydroxyl groups is 1. The highest BCUT2D eigenvalue weighted by molar-refractivity contribution is 5.81. The maximum atomic E-state index is 11.6. The number of amides is 1. The van der Waals surface area contributed by atoms with Crippen molar-refractivity contribution in [3.8, 4) is 0 Å². The van der Waals surface area contributed by atoms with Gasteiger partial charge in [-0.1, -0.05) is 6.92 Å². The van der Waals surface area contributed by atoms with Crippen molar-refractivity contribution < 1.29 is 9.90 Å². The minimum Gasteiger partial charge on any atom is -0.387 e. The van der Waals surface area contributed by atoms with E-state index in [9.17, 15) is 9.90 Å². The molecule has 1 amide bonds. The number of carbonyl (C=O) groups is 1. The summed E-state index contributed by atoms with van der Waals surface area (Å²) in [7, 11) is 0. The summed E-state index contributed by atoms with van der Waals surface area (Å²) < 4.78 is 0. The van der Waals surface area contributed by atoms with Gasteiger partial charge >= 0.3 is 0 Å². The molecule has 1 aromatic heterocycles. The molecule has 5 nitrogen and oxygen atoms in total. The molecule has 1 heterocycles. The number of nitrogens with zero attached hydrogens (tertiary/aromatic N) is 2. The van der Waals surface area contributed by atoms with Crippen LogP contribution < -0.4 is 10.2 Å². The number of aliphatic hydroxyl groups excluding tert-OH is 1. The lowest BCUT2D eigenvalue weighted by Crippen LogP contribution is -2.37. The van der Waals surface area contributed by atoms with Gasteiger partial charge in [0.1, 0.15) is 0 Å². The third-order valence-electron chi connectivity index (χ3n) is 2.95. The molecule has 0 aliphatic heterocycles. The standard InChI is InChI=1S/C14H23N3O2/c1-4-13(18)12-8-7-11(9-16-12)17(6-3)10-14(19)15-5-2/h7-9,13,18H,4-6,10H2,1-3H3,(H,15,19)/t13-/m0/s1. The van der Waals surface area contributed by atoms with E-state index in [1.807, 2.05) is 37.8 Å². The number of hydrogen-bond donors (Lipinski definition) is 2. The quantitative estimate of drug-likeness (QED) is 0.784. The lowest BCUT2D eigenvalue weighted by molar-refractivity contribution is -0.119. The monoisotopic (exact) mass is 265 g/mol. The summed E-state index contributed by atoms with van der Waals surface area (Å²) in [5, 5.41) is 12.5. The minimum atomic E-state index is -0.521. The molecule has 2 N–H and O–H groups in total. The molecule has 5 heteroatoms. The summed E-state index contributed by atoms with van der Waals surface area (Å²) in [5.41, 5.74) is 1.56. The average Bonchev–Trinajstić information content (AvgIpc) is 2.44. The van der Waals surface area contributed by atoms with Crippen LogP contribution in [0.5, 0.6) is 0 Å². The summed E-state index contributed by atoms with van der Waals surface area (Å²) in [6.45, 7) is 7.49. The lowest BCUT2D eigenvalue weighted by atomic mass is 10.2. The zero-order valence-electron chi connectivity index (χ0n) is 11.9. The summed E-state index contributed by atoms with van der Waals surface area (Å²) in [4.78, 5) is 17.8. The first-order chi connectivity index (χ1) is 9.12. The first-order valence-electron chi connectivity index (χ1n) is 6.77. The fourth-order valence-corrected chi connectivity index (χ4v) is 1.80. The van der Waals surface area contributed by atoms with Crippen LogP contribution in [-0.2, 0) is 4.79 Å². The second-order valence-corrected chi connectivity index (χ2v) is 4.33. The molecule has 0 saturated heterocycles. The van der Waals surface area contributed by atoms with Gasteiger partial charge in [0.25, 0.3) is 0 Å². The number of rotatable bonds is 7. The van der Waals surface area contributed by atoms with Gasteiger partial charge in [-0.2, -0.15) is 0 Å². The van der Waals surface area contributed by atoms with Gasteiger partial charge in [-0.05, 0) is 32.4 Å². The van der Waals surface area contributed by atoms with Crippen molar-refractivity contribution in [3.63, 3.8) is 0 Å². The number of nitrogens with one attached hydrogen (secondary N) is 1. The van der Waals surface area contributed by atoms with E-state index in [0.29, 0.717) is 25.2 Å². The predicted molar refractivity (Wildman–Crippen MR) is 76.1 cm³/mol. The van der Waals surface area contributed by atoms with Gasteiger partial charge in [0.2, 0.25) is 5.91 Å². The van der Waals surface area contributed by atoms with Crippen LogP contribution in [0.15, 0.2) is 18.3 Å². The summed E-state index contributed by atoms with van der Waals surface area (Å²) in [6, 6.07) is 3.70. The maximum Gasteiger partial charge on any atom is 0.239 e. The Morgan fingerprint density at radius 2 is 2.16 bits per heavy atom. The SMILES string of the molecule is CCNC(=O)CN(CC)c1ccc([C@@H](O)CC)nc1. The van der Waals surface area contributed by atoms with Crippen LogP contribution in [0.25, 0.3) is 0 Å². The van der Waals surface area contributed by atoms with E-state index >= 15 is 0 Å². The van der Waals surface area contributed by atoms with Crippen LogP contribution >= 0.6 is 0 Å². The van der Waals surface area contributed by atoms with Crippen LogP contribution in [0.4, 0.5) is 5.69 Å². The number of carbonyl (C=O) groups excluding carboxylic acids is 1. The van der Waals surface area contributed by atoms with E-state index in [0.717, 1.165) is 12.2 Å². The molecular weight excluding hydrogens is 242 g/mol. The molecule has 0 radical (unpaired) electrons. The Morgan fingerprint density at radius 1 is 1.42 bits per heavy atom. The van der Waals surface area contributed by atoms with Gasteiger partial charge < -0.3 is 15.3 Å². The first kappa shape index (κ1) is 15.4. The fraction of sp³-hybridized carbons (Fsp3) is 0.571. The van der Waals surface area contributed by atoms with Crippen LogP contribution in [0.3, 0.4) is 0 Å². The highest BCUT2D eigenvalue weighted by atomic mass is 16.3. The van der Waals surface area contributed by atoms with Gasteiger partial charge in [0, 0.05) is 13.1 Å². The van der Waals surface area contributed by atoms with Crippen molar-refractivity contribution >= 4 is 11.6 Å². The van der Waals surface area contributed by atoms with Crippen molar-refractivity contribution in [3.05, 3.63) is 24.0 Å². The Kier molecular flexibility index (Phi) is 6.29. The number of aromatic nitrogens is 1. The third kappa shape index (κ3) is 4.52. The average molecular weight is 265 g/mol. The molecule has 1 atom stereocenters. The Morgan fingerprint density at radius 3 is 2.63 bits per heavy atom. The van der Waals surface area contributed by atoms with Crippen molar-refractivity contribution in [1.82, 2.24) is 10.3 Å². The smallest absolute Gasteiger partial charge is 0.239 e. The Bertz CT molecular complexity index is 392. The first-order valence-corrected chi connectivity index (χ1v) is 6.77. The summed E-state index contributed by atoms with van der Waals surface area (Å²) >= 11 is 0. The number of likely N-dealkylation sites (N-methyl/N-ethyl adjacent to an activating group) is 2. The molecule has 1 rings (SSSR count). The molecule has 106 valence electrons. The molecule has 0 unspecified atom stereocenters. The van der Waals surface area contributed by atoms with E-state index in [1.165, 1.54) is 0 Å². The van der Waals surface area contributed by atoms with E-state index in [2.05, 4.69) is 10.3 Å². The van der Waals surface area contributed by atoms with Crippen molar-refractivity contribution in [2.45, 2.75) is 33.3 Å². The summed E-state index contributed by atoms with van der Waals surface area (Å²) in [6.07, 6.45) is 1.83. The Balaban J connectivity index is 2.73. The highest BCUT2D eigenvalue weighted by Crippen LogP contribution is 2.18. The Labute approximate surface area is 114 Å². The molecule has 19 heavy (non-hydrogen) atoms.